The number of alkyl halides is 3. The molecule has 2 unspecified atom stereocenters. The lowest BCUT2D eigenvalue weighted by Crippen LogP contribution is -2.59. The first-order chi connectivity index (χ1) is 7.38. The number of hydrogen-bond acceptors (Lipinski definition) is 1. The van der Waals surface area contributed by atoms with E-state index in [-0.39, 0.29) is 17.3 Å². The van der Waals surface area contributed by atoms with Crippen molar-refractivity contribution in [2.24, 2.45) is 28.4 Å². The quantitative estimate of drug-likeness (QED) is 0.740. The van der Waals surface area contributed by atoms with Crippen molar-refractivity contribution in [2.75, 3.05) is 6.54 Å². The third-order valence-electron chi connectivity index (χ3n) is 5.22. The molecule has 0 aromatic carbocycles. The molecule has 4 bridgehead atoms. The zero-order valence-electron chi connectivity index (χ0n) is 9.32. The van der Waals surface area contributed by atoms with Crippen molar-refractivity contribution >= 4 is 0 Å². The van der Waals surface area contributed by atoms with E-state index in [1.165, 1.54) is 0 Å². The Balaban J connectivity index is 1.99. The average molecular weight is 233 g/mol. The molecule has 0 amide bonds. The summed E-state index contributed by atoms with van der Waals surface area (Å²) in [4.78, 5) is 0. The number of halogens is 3. The van der Waals surface area contributed by atoms with Crippen molar-refractivity contribution in [3.05, 3.63) is 0 Å². The van der Waals surface area contributed by atoms with Crippen molar-refractivity contribution in [1.82, 2.24) is 0 Å². The molecule has 4 aliphatic carbocycles. The van der Waals surface area contributed by atoms with Crippen LogP contribution in [0.2, 0.25) is 0 Å². The SMILES string of the molecule is NCC12CC3CC(C1)CC(C(F)(F)F)(C3)C2. The number of nitrogens with two attached hydrogens (primary N) is 1. The molecular formula is C12H18F3N. The van der Waals surface area contributed by atoms with E-state index in [0.29, 0.717) is 25.8 Å². The summed E-state index contributed by atoms with van der Waals surface area (Å²) in [5, 5.41) is 0. The number of rotatable bonds is 1. The second kappa shape index (κ2) is 2.95. The Bertz CT molecular complexity index is 296. The highest BCUT2D eigenvalue weighted by Crippen LogP contribution is 2.69. The summed E-state index contributed by atoms with van der Waals surface area (Å²) in [5.41, 5.74) is 4.20. The summed E-state index contributed by atoms with van der Waals surface area (Å²) in [6, 6.07) is 0. The monoisotopic (exact) mass is 233 g/mol. The fourth-order valence-corrected chi connectivity index (χ4v) is 5.02. The molecule has 0 heterocycles. The van der Waals surface area contributed by atoms with Crippen LogP contribution in [0.1, 0.15) is 38.5 Å². The van der Waals surface area contributed by atoms with Gasteiger partial charge in [-0.15, -0.1) is 0 Å². The molecule has 0 spiro atoms. The molecule has 2 N–H and O–H groups in total. The fourth-order valence-electron chi connectivity index (χ4n) is 5.02. The third kappa shape index (κ3) is 1.28. The first kappa shape index (κ1) is 10.9. The molecular weight excluding hydrogens is 215 g/mol. The summed E-state index contributed by atoms with van der Waals surface area (Å²) in [6.07, 6.45) is -0.0864. The molecule has 1 nitrogen and oxygen atoms in total. The summed E-state index contributed by atoms with van der Waals surface area (Å²) in [6.45, 7) is 0.442. The van der Waals surface area contributed by atoms with Crippen LogP contribution in [0.25, 0.3) is 0 Å². The predicted molar refractivity (Wildman–Crippen MR) is 54.7 cm³/mol. The van der Waals surface area contributed by atoms with Gasteiger partial charge in [0, 0.05) is 0 Å². The first-order valence-electron chi connectivity index (χ1n) is 6.15. The lowest BCUT2D eigenvalue weighted by Gasteiger charge is -2.62. The fraction of sp³-hybridized carbons (Fsp3) is 1.00. The lowest BCUT2D eigenvalue weighted by molar-refractivity contribution is -0.285. The average Bonchev–Trinajstić information content (AvgIpc) is 2.14. The van der Waals surface area contributed by atoms with Gasteiger partial charge in [-0.05, 0) is 62.3 Å². The van der Waals surface area contributed by atoms with E-state index in [9.17, 15) is 13.2 Å². The molecule has 0 radical (unpaired) electrons. The molecule has 4 rings (SSSR count). The molecule has 0 aromatic rings. The van der Waals surface area contributed by atoms with Gasteiger partial charge >= 0.3 is 6.18 Å². The Labute approximate surface area is 93.6 Å². The van der Waals surface area contributed by atoms with Crippen molar-refractivity contribution in [3.8, 4) is 0 Å². The minimum atomic E-state index is -4.02. The van der Waals surface area contributed by atoms with Gasteiger partial charge in [-0.1, -0.05) is 0 Å². The van der Waals surface area contributed by atoms with E-state index in [4.69, 9.17) is 5.73 Å². The standard InChI is InChI=1S/C12H18F3N/c13-12(14,15)11-4-8-1-9(5-11)3-10(2-8,6-11)7-16/h8-9H,1-7,16H2. The molecule has 0 saturated heterocycles. The Kier molecular flexibility index (Phi) is 2.00. The van der Waals surface area contributed by atoms with Crippen LogP contribution in [0.5, 0.6) is 0 Å². The van der Waals surface area contributed by atoms with Crippen LogP contribution in [-0.4, -0.2) is 12.7 Å². The van der Waals surface area contributed by atoms with Gasteiger partial charge < -0.3 is 5.73 Å². The maximum Gasteiger partial charge on any atom is 0.394 e. The minimum Gasteiger partial charge on any atom is -0.330 e. The van der Waals surface area contributed by atoms with Crippen LogP contribution < -0.4 is 5.73 Å². The summed E-state index contributed by atoms with van der Waals surface area (Å²) in [7, 11) is 0. The van der Waals surface area contributed by atoms with Gasteiger partial charge in [-0.25, -0.2) is 0 Å². The highest BCUT2D eigenvalue weighted by atomic mass is 19.4. The maximum absolute atomic E-state index is 13.3. The number of hydrogen-bond donors (Lipinski definition) is 1. The van der Waals surface area contributed by atoms with Crippen molar-refractivity contribution in [3.63, 3.8) is 0 Å². The van der Waals surface area contributed by atoms with E-state index < -0.39 is 11.6 Å². The third-order valence-corrected chi connectivity index (χ3v) is 5.22. The van der Waals surface area contributed by atoms with Crippen LogP contribution in [0.15, 0.2) is 0 Å². The normalized spacial score (nSPS) is 51.0. The second-order valence-electron chi connectivity index (χ2n) is 6.44. The second-order valence-corrected chi connectivity index (χ2v) is 6.44. The highest BCUT2D eigenvalue weighted by molar-refractivity contribution is 5.10. The molecule has 4 aliphatic rings. The van der Waals surface area contributed by atoms with Crippen LogP contribution in [-0.2, 0) is 0 Å². The van der Waals surface area contributed by atoms with E-state index in [1.54, 1.807) is 0 Å². The van der Waals surface area contributed by atoms with Gasteiger partial charge in [-0.2, -0.15) is 13.2 Å². The van der Waals surface area contributed by atoms with Crippen molar-refractivity contribution in [1.29, 1.82) is 0 Å². The van der Waals surface area contributed by atoms with Crippen molar-refractivity contribution in [2.45, 2.75) is 44.7 Å². The van der Waals surface area contributed by atoms with Crippen LogP contribution >= 0.6 is 0 Å². The smallest absolute Gasteiger partial charge is 0.330 e. The van der Waals surface area contributed by atoms with Crippen LogP contribution in [0, 0.1) is 22.7 Å². The topological polar surface area (TPSA) is 26.0 Å². The Morgan fingerprint density at radius 3 is 2.06 bits per heavy atom. The Morgan fingerprint density at radius 2 is 1.62 bits per heavy atom. The van der Waals surface area contributed by atoms with Gasteiger partial charge in [0.05, 0.1) is 5.41 Å². The van der Waals surface area contributed by atoms with Gasteiger partial charge in [0.1, 0.15) is 0 Å². The molecule has 0 aliphatic heterocycles. The molecule has 92 valence electrons. The molecule has 2 atom stereocenters. The van der Waals surface area contributed by atoms with E-state index in [2.05, 4.69) is 0 Å². The molecule has 16 heavy (non-hydrogen) atoms. The lowest BCUT2D eigenvalue weighted by atomic mass is 9.44. The predicted octanol–water partition coefficient (Wildman–Crippen LogP) is 3.09. The van der Waals surface area contributed by atoms with Gasteiger partial charge in [-0.3, -0.25) is 0 Å². The minimum absolute atomic E-state index is 0.181. The molecule has 0 aromatic heterocycles. The first-order valence-corrected chi connectivity index (χ1v) is 6.15. The molecule has 4 heteroatoms. The van der Waals surface area contributed by atoms with Gasteiger partial charge in [0.25, 0.3) is 0 Å². The van der Waals surface area contributed by atoms with Crippen LogP contribution in [0.4, 0.5) is 13.2 Å². The Hall–Kier alpha value is -0.250. The maximum atomic E-state index is 13.3. The Morgan fingerprint density at radius 1 is 1.06 bits per heavy atom. The van der Waals surface area contributed by atoms with Gasteiger partial charge in [0.2, 0.25) is 0 Å². The van der Waals surface area contributed by atoms with Gasteiger partial charge in [0.15, 0.2) is 0 Å². The molecule has 4 fully saturated rings. The summed E-state index contributed by atoms with van der Waals surface area (Å²) in [5.74, 6) is 0.567. The largest absolute Gasteiger partial charge is 0.394 e. The molecule has 4 saturated carbocycles. The zero-order valence-corrected chi connectivity index (χ0v) is 9.32. The van der Waals surface area contributed by atoms with E-state index >= 15 is 0 Å². The van der Waals surface area contributed by atoms with E-state index in [1.807, 2.05) is 0 Å². The zero-order chi connectivity index (χ0) is 11.6. The summed E-state index contributed by atoms with van der Waals surface area (Å²) >= 11 is 0. The summed E-state index contributed by atoms with van der Waals surface area (Å²) < 4.78 is 39.8. The van der Waals surface area contributed by atoms with E-state index in [0.717, 1.165) is 19.3 Å². The van der Waals surface area contributed by atoms with Crippen molar-refractivity contribution < 1.29 is 13.2 Å². The highest BCUT2D eigenvalue weighted by Gasteiger charge is 2.66. The van der Waals surface area contributed by atoms with Crippen LogP contribution in [0.3, 0.4) is 0 Å².